The van der Waals surface area contributed by atoms with Crippen LogP contribution in [0.3, 0.4) is 0 Å². The van der Waals surface area contributed by atoms with E-state index in [0.29, 0.717) is 19.4 Å². The van der Waals surface area contributed by atoms with Crippen LogP contribution in [0.15, 0.2) is 47.3 Å². The summed E-state index contributed by atoms with van der Waals surface area (Å²) in [6, 6.07) is 13.8. The van der Waals surface area contributed by atoms with Crippen LogP contribution < -0.4 is 10.2 Å². The Morgan fingerprint density at radius 3 is 2.62 bits per heavy atom. The molecule has 0 fully saturated rings. The van der Waals surface area contributed by atoms with Gasteiger partial charge in [-0.25, -0.2) is 0 Å². The molecule has 0 radical (unpaired) electrons. The van der Waals surface area contributed by atoms with E-state index in [-0.39, 0.29) is 10.8 Å². The van der Waals surface area contributed by atoms with Crippen LogP contribution in [0, 0.1) is 6.92 Å². The summed E-state index contributed by atoms with van der Waals surface area (Å²) in [4.78, 5) is 24.1. The minimum absolute atomic E-state index is 0.0165. The molecule has 4 nitrogen and oxygen atoms in total. The standard InChI is InChI=1S/C19H20N2O2S/c1-3-21-16-10-9-15(12-17(16)24-19(21)23)20-18(22)11-8-14-6-4-13(2)5-7-14/h4-7,9-10,12H,3,8,11H2,1-2H3,(H,20,22). The molecule has 124 valence electrons. The van der Waals surface area contributed by atoms with Gasteiger partial charge in [-0.1, -0.05) is 41.2 Å². The molecule has 24 heavy (non-hydrogen) atoms. The van der Waals surface area contributed by atoms with Gasteiger partial charge in [0, 0.05) is 18.7 Å². The summed E-state index contributed by atoms with van der Waals surface area (Å²) in [6.45, 7) is 4.65. The highest BCUT2D eigenvalue weighted by Crippen LogP contribution is 2.22. The monoisotopic (exact) mass is 340 g/mol. The lowest BCUT2D eigenvalue weighted by Gasteiger charge is -2.06. The van der Waals surface area contributed by atoms with Crippen LogP contribution in [0.1, 0.15) is 24.5 Å². The van der Waals surface area contributed by atoms with Crippen molar-refractivity contribution < 1.29 is 4.79 Å². The van der Waals surface area contributed by atoms with Crippen LogP contribution in [-0.2, 0) is 17.8 Å². The molecule has 0 unspecified atom stereocenters. The minimum atomic E-state index is -0.0165. The van der Waals surface area contributed by atoms with Crippen molar-refractivity contribution in [2.45, 2.75) is 33.2 Å². The third kappa shape index (κ3) is 3.57. The van der Waals surface area contributed by atoms with Crippen molar-refractivity contribution in [2.75, 3.05) is 5.32 Å². The second-order valence-electron chi connectivity index (χ2n) is 5.83. The van der Waals surface area contributed by atoms with Gasteiger partial charge in [0.2, 0.25) is 5.91 Å². The predicted molar refractivity (Wildman–Crippen MR) is 99.9 cm³/mol. The Kier molecular flexibility index (Phi) is 4.81. The van der Waals surface area contributed by atoms with Crippen LogP contribution >= 0.6 is 11.3 Å². The molecular formula is C19H20N2O2S. The Bertz CT molecular complexity index is 923. The molecule has 0 aliphatic heterocycles. The van der Waals surface area contributed by atoms with Crippen LogP contribution in [0.25, 0.3) is 10.2 Å². The smallest absolute Gasteiger partial charge is 0.308 e. The number of hydrogen-bond acceptors (Lipinski definition) is 3. The zero-order valence-corrected chi connectivity index (χ0v) is 14.7. The van der Waals surface area contributed by atoms with E-state index < -0.39 is 0 Å². The maximum Gasteiger partial charge on any atom is 0.308 e. The van der Waals surface area contributed by atoms with Crippen molar-refractivity contribution in [1.82, 2.24) is 4.57 Å². The van der Waals surface area contributed by atoms with E-state index in [1.165, 1.54) is 16.9 Å². The molecule has 3 aromatic rings. The number of carbonyl (C=O) groups excluding carboxylic acids is 1. The number of carbonyl (C=O) groups is 1. The number of anilines is 1. The van der Waals surface area contributed by atoms with Gasteiger partial charge in [0.05, 0.1) is 10.2 Å². The van der Waals surface area contributed by atoms with Gasteiger partial charge in [0.25, 0.3) is 0 Å². The van der Waals surface area contributed by atoms with Gasteiger partial charge in [0.15, 0.2) is 0 Å². The van der Waals surface area contributed by atoms with E-state index in [0.717, 1.165) is 21.5 Å². The number of fused-ring (bicyclic) bond motifs is 1. The first kappa shape index (κ1) is 16.5. The molecular weight excluding hydrogens is 320 g/mol. The molecule has 0 saturated carbocycles. The van der Waals surface area contributed by atoms with Crippen LogP contribution in [-0.4, -0.2) is 10.5 Å². The number of nitrogens with one attached hydrogen (secondary N) is 1. The lowest BCUT2D eigenvalue weighted by atomic mass is 10.1. The van der Waals surface area contributed by atoms with E-state index in [9.17, 15) is 9.59 Å². The highest BCUT2D eigenvalue weighted by Gasteiger charge is 2.08. The number of benzene rings is 2. The number of aromatic nitrogens is 1. The van der Waals surface area contributed by atoms with Gasteiger partial charge >= 0.3 is 4.87 Å². The maximum atomic E-state index is 12.1. The second kappa shape index (κ2) is 7.01. The minimum Gasteiger partial charge on any atom is -0.326 e. The van der Waals surface area contributed by atoms with Gasteiger partial charge in [-0.15, -0.1) is 0 Å². The lowest BCUT2D eigenvalue weighted by Crippen LogP contribution is -2.12. The Balaban J connectivity index is 1.66. The molecule has 1 amide bonds. The molecule has 0 aliphatic carbocycles. The summed E-state index contributed by atoms with van der Waals surface area (Å²) in [5.41, 5.74) is 4.03. The van der Waals surface area contributed by atoms with Gasteiger partial charge in [-0.3, -0.25) is 14.2 Å². The molecule has 3 rings (SSSR count). The number of amides is 1. The second-order valence-corrected chi connectivity index (χ2v) is 6.82. The Morgan fingerprint density at radius 2 is 1.92 bits per heavy atom. The van der Waals surface area contributed by atoms with Crippen LogP contribution in [0.5, 0.6) is 0 Å². The van der Waals surface area contributed by atoms with Gasteiger partial charge < -0.3 is 5.32 Å². The zero-order chi connectivity index (χ0) is 17.1. The first-order chi connectivity index (χ1) is 11.6. The summed E-state index contributed by atoms with van der Waals surface area (Å²) in [5.74, 6) is -0.0165. The zero-order valence-electron chi connectivity index (χ0n) is 13.8. The SMILES string of the molecule is CCn1c(=O)sc2cc(NC(=O)CCc3ccc(C)cc3)ccc21. The molecule has 0 spiro atoms. The third-order valence-electron chi connectivity index (χ3n) is 4.03. The van der Waals surface area contributed by atoms with Crippen molar-refractivity contribution in [3.63, 3.8) is 0 Å². The number of hydrogen-bond donors (Lipinski definition) is 1. The van der Waals surface area contributed by atoms with Crippen LogP contribution in [0.2, 0.25) is 0 Å². The van der Waals surface area contributed by atoms with E-state index in [1.807, 2.05) is 32.0 Å². The average molecular weight is 340 g/mol. The first-order valence-electron chi connectivity index (χ1n) is 8.05. The quantitative estimate of drug-likeness (QED) is 0.764. The molecule has 2 aromatic carbocycles. The molecule has 1 aromatic heterocycles. The Morgan fingerprint density at radius 1 is 1.17 bits per heavy atom. The van der Waals surface area contributed by atoms with Crippen molar-refractivity contribution in [1.29, 1.82) is 0 Å². The van der Waals surface area contributed by atoms with Gasteiger partial charge in [0.1, 0.15) is 0 Å². The highest BCUT2D eigenvalue weighted by atomic mass is 32.1. The maximum absolute atomic E-state index is 12.1. The molecule has 0 atom stereocenters. The highest BCUT2D eigenvalue weighted by molar-refractivity contribution is 7.16. The van der Waals surface area contributed by atoms with Crippen LogP contribution in [0.4, 0.5) is 5.69 Å². The normalized spacial score (nSPS) is 10.9. The molecule has 1 heterocycles. The first-order valence-corrected chi connectivity index (χ1v) is 8.87. The summed E-state index contributed by atoms with van der Waals surface area (Å²) >= 11 is 1.21. The largest absolute Gasteiger partial charge is 0.326 e. The van der Waals surface area contributed by atoms with E-state index in [1.54, 1.807) is 4.57 Å². The number of thiazole rings is 1. The molecule has 0 aliphatic rings. The Hall–Kier alpha value is -2.40. The number of rotatable bonds is 5. The van der Waals surface area contributed by atoms with Gasteiger partial charge in [-0.05, 0) is 44.0 Å². The summed E-state index contributed by atoms with van der Waals surface area (Å²) < 4.78 is 2.64. The van der Waals surface area contributed by atoms with Crippen molar-refractivity contribution in [2.24, 2.45) is 0 Å². The molecule has 0 saturated heterocycles. The lowest BCUT2D eigenvalue weighted by molar-refractivity contribution is -0.116. The van der Waals surface area contributed by atoms with Crippen molar-refractivity contribution >= 4 is 33.1 Å². The summed E-state index contributed by atoms with van der Waals surface area (Å²) in [6.07, 6.45) is 1.15. The van der Waals surface area contributed by atoms with Crippen molar-refractivity contribution in [3.8, 4) is 0 Å². The number of aryl methyl sites for hydroxylation is 3. The molecule has 1 N–H and O–H groups in total. The molecule has 0 bridgehead atoms. The van der Waals surface area contributed by atoms with Crippen molar-refractivity contribution in [3.05, 3.63) is 63.3 Å². The summed E-state index contributed by atoms with van der Waals surface area (Å²) in [5, 5.41) is 2.92. The fourth-order valence-corrected chi connectivity index (χ4v) is 3.67. The molecule has 5 heteroatoms. The van der Waals surface area contributed by atoms with Gasteiger partial charge in [-0.2, -0.15) is 0 Å². The number of nitrogens with zero attached hydrogens (tertiary/aromatic N) is 1. The Labute approximate surface area is 144 Å². The third-order valence-corrected chi connectivity index (χ3v) is 4.97. The van der Waals surface area contributed by atoms with E-state index in [2.05, 4.69) is 29.6 Å². The fraction of sp³-hybridized carbons (Fsp3) is 0.263. The topological polar surface area (TPSA) is 51.1 Å². The fourth-order valence-electron chi connectivity index (χ4n) is 2.68. The van der Waals surface area contributed by atoms with E-state index in [4.69, 9.17) is 0 Å². The van der Waals surface area contributed by atoms with E-state index >= 15 is 0 Å². The average Bonchev–Trinajstić information content (AvgIpc) is 2.88. The predicted octanol–water partition coefficient (Wildman–Crippen LogP) is 3.96. The summed E-state index contributed by atoms with van der Waals surface area (Å²) in [7, 11) is 0.